The zero-order chi connectivity index (χ0) is 23.0. The van der Waals surface area contributed by atoms with Gasteiger partial charge in [0, 0.05) is 28.5 Å². The Bertz CT molecular complexity index is 879. The Balaban J connectivity index is 2.03. The highest BCUT2D eigenvalue weighted by Crippen LogP contribution is 2.20. The molecule has 2 aromatic carbocycles. The minimum Gasteiger partial charge on any atom is -0.494 e. The number of hydrogen-bond donors (Lipinski definition) is 1. The van der Waals surface area contributed by atoms with Crippen molar-refractivity contribution in [2.75, 3.05) is 6.61 Å². The maximum absolute atomic E-state index is 13.1. The summed E-state index contributed by atoms with van der Waals surface area (Å²) in [5.41, 5.74) is 0.405. The highest BCUT2D eigenvalue weighted by molar-refractivity contribution is 6.31. The van der Waals surface area contributed by atoms with Gasteiger partial charge in [0.1, 0.15) is 11.8 Å². The van der Waals surface area contributed by atoms with Crippen molar-refractivity contribution in [1.29, 1.82) is 0 Å². The van der Waals surface area contributed by atoms with Crippen molar-refractivity contribution in [2.24, 2.45) is 0 Å². The normalized spacial score (nSPS) is 12.2. The smallest absolute Gasteiger partial charge is 0.242 e. The van der Waals surface area contributed by atoms with E-state index in [0.29, 0.717) is 28.8 Å². The number of carbonyl (C=O) groups is 2. The number of nitrogens with one attached hydrogen (secondary N) is 1. The predicted molar refractivity (Wildman–Crippen MR) is 126 cm³/mol. The van der Waals surface area contributed by atoms with E-state index >= 15 is 0 Å². The van der Waals surface area contributed by atoms with Gasteiger partial charge in [-0.05, 0) is 70.0 Å². The minimum absolute atomic E-state index is 0.129. The van der Waals surface area contributed by atoms with E-state index in [0.717, 1.165) is 5.56 Å². The molecule has 0 fully saturated rings. The van der Waals surface area contributed by atoms with Gasteiger partial charge in [-0.3, -0.25) is 9.59 Å². The fourth-order valence-corrected chi connectivity index (χ4v) is 3.28. The Morgan fingerprint density at radius 1 is 1.06 bits per heavy atom. The van der Waals surface area contributed by atoms with E-state index in [1.165, 1.54) is 0 Å². The number of rotatable bonds is 9. The molecule has 0 aliphatic rings. The number of nitrogens with zero attached hydrogens (tertiary/aromatic N) is 1. The Kier molecular flexibility index (Phi) is 9.20. The average molecular weight is 465 g/mol. The van der Waals surface area contributed by atoms with E-state index < -0.39 is 11.6 Å². The third-order valence-electron chi connectivity index (χ3n) is 4.58. The van der Waals surface area contributed by atoms with Gasteiger partial charge in [0.15, 0.2) is 0 Å². The summed E-state index contributed by atoms with van der Waals surface area (Å²) in [6.45, 7) is 8.11. The first kappa shape index (κ1) is 25.0. The van der Waals surface area contributed by atoms with Crippen LogP contribution in [0.25, 0.3) is 0 Å². The van der Waals surface area contributed by atoms with Crippen molar-refractivity contribution < 1.29 is 14.3 Å². The third-order valence-corrected chi connectivity index (χ3v) is 5.20. The van der Waals surface area contributed by atoms with Crippen LogP contribution in [-0.2, 0) is 16.1 Å². The second-order valence-electron chi connectivity index (χ2n) is 8.43. The van der Waals surface area contributed by atoms with E-state index in [9.17, 15) is 9.59 Å². The van der Waals surface area contributed by atoms with Crippen LogP contribution in [0.15, 0.2) is 48.5 Å². The Morgan fingerprint density at radius 2 is 1.71 bits per heavy atom. The fraction of sp³-hybridized carbons (Fsp3) is 0.417. The number of ether oxygens (including phenoxy) is 1. The maximum Gasteiger partial charge on any atom is 0.242 e. The summed E-state index contributed by atoms with van der Waals surface area (Å²) < 4.78 is 5.67. The van der Waals surface area contributed by atoms with E-state index in [1.807, 2.05) is 39.0 Å². The molecule has 168 valence electrons. The SMILES string of the molecule is C[C@@H](C(=O)NC(C)(C)C)N(Cc1ccccc1Cl)C(=O)CCCOc1ccc(Cl)cc1. The van der Waals surface area contributed by atoms with Crippen molar-refractivity contribution in [1.82, 2.24) is 10.2 Å². The Hall–Kier alpha value is -2.24. The number of hydrogen-bond acceptors (Lipinski definition) is 3. The summed E-state index contributed by atoms with van der Waals surface area (Å²) in [7, 11) is 0. The van der Waals surface area contributed by atoms with Gasteiger partial charge < -0.3 is 15.0 Å². The summed E-state index contributed by atoms with van der Waals surface area (Å²) in [6.07, 6.45) is 0.777. The van der Waals surface area contributed by atoms with Gasteiger partial charge in [-0.25, -0.2) is 0 Å². The molecule has 1 atom stereocenters. The summed E-state index contributed by atoms with van der Waals surface area (Å²) in [5.74, 6) is 0.365. The fourth-order valence-electron chi connectivity index (χ4n) is 2.95. The van der Waals surface area contributed by atoms with Crippen molar-refractivity contribution in [2.45, 2.75) is 58.7 Å². The van der Waals surface area contributed by atoms with Crippen molar-refractivity contribution >= 4 is 35.0 Å². The molecule has 2 rings (SSSR count). The van der Waals surface area contributed by atoms with E-state index in [-0.39, 0.29) is 24.8 Å². The molecule has 0 aromatic heterocycles. The van der Waals surface area contributed by atoms with Crippen LogP contribution in [0.3, 0.4) is 0 Å². The van der Waals surface area contributed by atoms with Crippen LogP contribution in [0.1, 0.15) is 46.1 Å². The molecule has 1 N–H and O–H groups in total. The molecule has 0 radical (unpaired) electrons. The molecule has 0 saturated heterocycles. The molecule has 0 saturated carbocycles. The molecule has 5 nitrogen and oxygen atoms in total. The summed E-state index contributed by atoms with van der Waals surface area (Å²) in [5, 5.41) is 4.15. The third kappa shape index (κ3) is 8.42. The van der Waals surface area contributed by atoms with Crippen LogP contribution in [0.5, 0.6) is 5.75 Å². The lowest BCUT2D eigenvalue weighted by Crippen LogP contribution is -2.52. The Labute approximate surface area is 194 Å². The van der Waals surface area contributed by atoms with Gasteiger partial charge >= 0.3 is 0 Å². The van der Waals surface area contributed by atoms with E-state index in [4.69, 9.17) is 27.9 Å². The first-order valence-corrected chi connectivity index (χ1v) is 11.1. The lowest BCUT2D eigenvalue weighted by Gasteiger charge is -2.31. The number of halogens is 2. The molecule has 0 heterocycles. The molecule has 0 aliphatic carbocycles. The lowest BCUT2D eigenvalue weighted by atomic mass is 10.1. The van der Waals surface area contributed by atoms with Crippen LogP contribution in [-0.4, -0.2) is 34.9 Å². The molecular weight excluding hydrogens is 435 g/mol. The van der Waals surface area contributed by atoms with Gasteiger partial charge in [0.2, 0.25) is 11.8 Å². The van der Waals surface area contributed by atoms with Gasteiger partial charge in [0.25, 0.3) is 0 Å². The van der Waals surface area contributed by atoms with Crippen LogP contribution >= 0.6 is 23.2 Å². The highest BCUT2D eigenvalue weighted by Gasteiger charge is 2.28. The molecule has 0 aliphatic heterocycles. The first-order valence-electron chi connectivity index (χ1n) is 10.3. The summed E-state index contributed by atoms with van der Waals surface area (Å²) in [6, 6.07) is 13.8. The summed E-state index contributed by atoms with van der Waals surface area (Å²) >= 11 is 12.2. The van der Waals surface area contributed by atoms with Gasteiger partial charge in [-0.15, -0.1) is 0 Å². The lowest BCUT2D eigenvalue weighted by molar-refractivity contribution is -0.141. The molecule has 0 bridgehead atoms. The topological polar surface area (TPSA) is 58.6 Å². The molecule has 7 heteroatoms. The monoisotopic (exact) mass is 464 g/mol. The quantitative estimate of drug-likeness (QED) is 0.499. The van der Waals surface area contributed by atoms with Crippen LogP contribution in [0.2, 0.25) is 10.0 Å². The molecule has 0 unspecified atom stereocenters. The second-order valence-corrected chi connectivity index (χ2v) is 9.28. The second kappa shape index (κ2) is 11.4. The zero-order valence-corrected chi connectivity index (χ0v) is 20.0. The van der Waals surface area contributed by atoms with Crippen molar-refractivity contribution in [3.63, 3.8) is 0 Å². The number of amides is 2. The van der Waals surface area contributed by atoms with Crippen LogP contribution in [0, 0.1) is 0 Å². The van der Waals surface area contributed by atoms with Gasteiger partial charge in [-0.1, -0.05) is 41.4 Å². The highest BCUT2D eigenvalue weighted by atomic mass is 35.5. The van der Waals surface area contributed by atoms with E-state index in [2.05, 4.69) is 5.32 Å². The maximum atomic E-state index is 13.1. The Morgan fingerprint density at radius 3 is 2.32 bits per heavy atom. The molecular formula is C24H30Cl2N2O3. The summed E-state index contributed by atoms with van der Waals surface area (Å²) in [4.78, 5) is 27.4. The van der Waals surface area contributed by atoms with Gasteiger partial charge in [0.05, 0.1) is 6.61 Å². The minimum atomic E-state index is -0.639. The van der Waals surface area contributed by atoms with Crippen molar-refractivity contribution in [3.8, 4) is 5.75 Å². The first-order chi connectivity index (χ1) is 14.6. The standard InChI is InChI=1S/C24H30Cl2N2O3/c1-17(23(30)27-24(2,3)4)28(16-18-8-5-6-9-21(18)26)22(29)10-7-15-31-20-13-11-19(25)12-14-20/h5-6,8-9,11-14,17H,7,10,15-16H2,1-4H3,(H,27,30)/t17-/m0/s1. The predicted octanol–water partition coefficient (Wildman–Crippen LogP) is 5.48. The largest absolute Gasteiger partial charge is 0.494 e. The number of carbonyl (C=O) groups excluding carboxylic acids is 2. The van der Waals surface area contributed by atoms with Crippen molar-refractivity contribution in [3.05, 3.63) is 64.1 Å². The van der Waals surface area contributed by atoms with E-state index in [1.54, 1.807) is 42.2 Å². The number of benzene rings is 2. The molecule has 31 heavy (non-hydrogen) atoms. The van der Waals surface area contributed by atoms with Crippen LogP contribution in [0.4, 0.5) is 0 Å². The molecule has 0 spiro atoms. The molecule has 2 aromatic rings. The zero-order valence-electron chi connectivity index (χ0n) is 18.5. The van der Waals surface area contributed by atoms with Crippen LogP contribution < -0.4 is 10.1 Å². The average Bonchev–Trinajstić information content (AvgIpc) is 2.70. The van der Waals surface area contributed by atoms with Gasteiger partial charge in [-0.2, -0.15) is 0 Å². The molecule has 2 amide bonds.